The van der Waals surface area contributed by atoms with E-state index in [-0.39, 0.29) is 49.4 Å². The Morgan fingerprint density at radius 1 is 1.19 bits per heavy atom. The predicted octanol–water partition coefficient (Wildman–Crippen LogP) is 3.77. The van der Waals surface area contributed by atoms with Crippen LogP contribution in [0.1, 0.15) is 31.4 Å². The van der Waals surface area contributed by atoms with Crippen LogP contribution in [-0.4, -0.2) is 67.6 Å². The molecule has 5 nitrogen and oxygen atoms in total. The Labute approximate surface area is 193 Å². The lowest BCUT2D eigenvalue weighted by Crippen LogP contribution is -2.48. The molecule has 0 spiro atoms. The molecule has 3 atom stereocenters. The first-order valence-corrected chi connectivity index (χ1v) is 10.0. The van der Waals surface area contributed by atoms with Gasteiger partial charge in [0.05, 0.1) is 17.8 Å². The van der Waals surface area contributed by atoms with E-state index in [1.54, 1.807) is 6.07 Å². The van der Waals surface area contributed by atoms with Crippen molar-refractivity contribution in [3.63, 3.8) is 0 Å². The standard InChI is InChI=1S/C21H29F3N2O3.2ClH/c1-14-10-26(11-15(2)29-14)12-19(27)13-28-20-8-17(16-3-5-25-6-4-16)7-18(9-20)21(22,23)24;;/h3,7-9,14-15,19,25,27H,4-6,10-13H2,1-2H3;2*1H/t14-,15+,19?;;. The fraction of sp³-hybridized carbons (Fsp3) is 0.619. The Balaban J connectivity index is 0.00000240. The second-order valence-electron chi connectivity index (χ2n) is 7.87. The van der Waals surface area contributed by atoms with Crippen molar-refractivity contribution in [2.24, 2.45) is 0 Å². The summed E-state index contributed by atoms with van der Waals surface area (Å²) in [4.78, 5) is 2.09. The number of nitrogens with one attached hydrogen (secondary N) is 1. The van der Waals surface area contributed by atoms with Gasteiger partial charge in [0.2, 0.25) is 0 Å². The van der Waals surface area contributed by atoms with Gasteiger partial charge in [0.25, 0.3) is 0 Å². The van der Waals surface area contributed by atoms with E-state index in [0.29, 0.717) is 38.2 Å². The average Bonchev–Trinajstić information content (AvgIpc) is 2.65. The van der Waals surface area contributed by atoms with E-state index in [9.17, 15) is 18.3 Å². The minimum absolute atomic E-state index is 0. The molecule has 2 N–H and O–H groups in total. The van der Waals surface area contributed by atoms with Gasteiger partial charge in [0.1, 0.15) is 18.5 Å². The Morgan fingerprint density at radius 3 is 2.45 bits per heavy atom. The molecule has 2 aliphatic heterocycles. The summed E-state index contributed by atoms with van der Waals surface area (Å²) >= 11 is 0. The van der Waals surface area contributed by atoms with Gasteiger partial charge in [0.15, 0.2) is 0 Å². The second kappa shape index (κ2) is 12.3. The van der Waals surface area contributed by atoms with Gasteiger partial charge in [-0.1, -0.05) is 6.08 Å². The highest BCUT2D eigenvalue weighted by Gasteiger charge is 2.32. The summed E-state index contributed by atoms with van der Waals surface area (Å²) in [6.45, 7) is 7.05. The molecule has 0 radical (unpaired) electrons. The summed E-state index contributed by atoms with van der Waals surface area (Å²) < 4.78 is 51.3. The van der Waals surface area contributed by atoms with Gasteiger partial charge in [-0.2, -0.15) is 13.2 Å². The highest BCUT2D eigenvalue weighted by molar-refractivity contribution is 5.85. The van der Waals surface area contributed by atoms with Crippen molar-refractivity contribution in [1.82, 2.24) is 10.2 Å². The smallest absolute Gasteiger partial charge is 0.416 e. The van der Waals surface area contributed by atoms with Crippen LogP contribution in [0.4, 0.5) is 13.2 Å². The van der Waals surface area contributed by atoms with E-state index in [1.807, 2.05) is 19.9 Å². The van der Waals surface area contributed by atoms with Crippen LogP contribution >= 0.6 is 24.8 Å². The molecule has 2 aliphatic rings. The molecule has 1 fully saturated rings. The molecule has 10 heteroatoms. The van der Waals surface area contributed by atoms with Gasteiger partial charge in [0, 0.05) is 26.2 Å². The third-order valence-electron chi connectivity index (χ3n) is 5.08. The molecule has 0 aliphatic carbocycles. The SMILES string of the molecule is C[C@@H]1CN(CC(O)COc2cc(C3=CCNCC3)cc(C(F)(F)F)c2)C[C@H](C)O1.Cl.Cl. The molecule has 0 saturated carbocycles. The maximum Gasteiger partial charge on any atom is 0.416 e. The fourth-order valence-electron chi connectivity index (χ4n) is 3.89. The minimum atomic E-state index is -4.46. The third-order valence-corrected chi connectivity index (χ3v) is 5.08. The van der Waals surface area contributed by atoms with Crippen LogP contribution in [0.2, 0.25) is 0 Å². The number of hydrogen-bond acceptors (Lipinski definition) is 5. The van der Waals surface area contributed by atoms with Gasteiger partial charge in [-0.25, -0.2) is 0 Å². The number of benzene rings is 1. The monoisotopic (exact) mass is 486 g/mol. The van der Waals surface area contributed by atoms with Crippen LogP contribution in [-0.2, 0) is 10.9 Å². The van der Waals surface area contributed by atoms with Crippen LogP contribution in [0.5, 0.6) is 5.75 Å². The van der Waals surface area contributed by atoms with E-state index in [2.05, 4.69) is 10.2 Å². The van der Waals surface area contributed by atoms with E-state index >= 15 is 0 Å². The lowest BCUT2D eigenvalue weighted by molar-refractivity contribution is -0.137. The second-order valence-corrected chi connectivity index (χ2v) is 7.87. The van der Waals surface area contributed by atoms with Crippen molar-refractivity contribution in [1.29, 1.82) is 0 Å². The first-order valence-electron chi connectivity index (χ1n) is 10.0. The summed E-state index contributed by atoms with van der Waals surface area (Å²) in [6, 6.07) is 3.78. The molecule has 3 rings (SSSR count). The first kappa shape index (κ1) is 28.0. The molecule has 1 aromatic rings. The number of rotatable bonds is 6. The van der Waals surface area contributed by atoms with Gasteiger partial charge >= 0.3 is 6.18 Å². The van der Waals surface area contributed by atoms with Crippen molar-refractivity contribution >= 4 is 30.4 Å². The van der Waals surface area contributed by atoms with E-state index in [0.717, 1.165) is 24.3 Å². The minimum Gasteiger partial charge on any atom is -0.491 e. The van der Waals surface area contributed by atoms with E-state index in [1.165, 1.54) is 0 Å². The van der Waals surface area contributed by atoms with Gasteiger partial charge in [-0.15, -0.1) is 24.8 Å². The number of nitrogens with zero attached hydrogens (tertiary/aromatic N) is 1. The van der Waals surface area contributed by atoms with Crippen molar-refractivity contribution in [3.8, 4) is 5.75 Å². The van der Waals surface area contributed by atoms with Crippen LogP contribution in [0, 0.1) is 0 Å². The molecular formula is C21H31Cl2F3N2O3. The van der Waals surface area contributed by atoms with Gasteiger partial charge in [-0.05, 0) is 56.1 Å². The summed E-state index contributed by atoms with van der Waals surface area (Å²) in [5, 5.41) is 13.5. The van der Waals surface area contributed by atoms with Gasteiger partial charge < -0.3 is 19.9 Å². The average molecular weight is 487 g/mol. The number of hydrogen-bond donors (Lipinski definition) is 2. The fourth-order valence-corrected chi connectivity index (χ4v) is 3.89. The maximum absolute atomic E-state index is 13.3. The summed E-state index contributed by atoms with van der Waals surface area (Å²) in [7, 11) is 0. The molecule has 0 amide bonds. The van der Waals surface area contributed by atoms with Crippen molar-refractivity contribution in [3.05, 3.63) is 35.4 Å². The Morgan fingerprint density at radius 2 is 1.87 bits per heavy atom. The van der Waals surface area contributed by atoms with E-state index < -0.39 is 17.8 Å². The lowest BCUT2D eigenvalue weighted by atomic mass is 9.98. The number of β-amino-alcohol motifs (C(OH)–C–C–N with tert-alkyl or cyclic N) is 1. The largest absolute Gasteiger partial charge is 0.491 e. The van der Waals surface area contributed by atoms with Crippen LogP contribution in [0.15, 0.2) is 24.3 Å². The number of aliphatic hydroxyl groups excluding tert-OH is 1. The molecule has 1 unspecified atom stereocenters. The zero-order chi connectivity index (χ0) is 21.0. The number of aliphatic hydroxyl groups is 1. The van der Waals surface area contributed by atoms with Gasteiger partial charge in [-0.3, -0.25) is 4.90 Å². The Bertz CT molecular complexity index is 724. The molecule has 178 valence electrons. The zero-order valence-electron chi connectivity index (χ0n) is 17.7. The zero-order valence-corrected chi connectivity index (χ0v) is 19.3. The predicted molar refractivity (Wildman–Crippen MR) is 119 cm³/mol. The van der Waals surface area contributed by atoms with Crippen molar-refractivity contribution in [2.45, 2.75) is 44.8 Å². The van der Waals surface area contributed by atoms with Crippen molar-refractivity contribution in [2.75, 3.05) is 39.3 Å². The molecule has 0 aromatic heterocycles. The van der Waals surface area contributed by atoms with Crippen LogP contribution in [0.25, 0.3) is 5.57 Å². The molecule has 1 aromatic carbocycles. The highest BCUT2D eigenvalue weighted by atomic mass is 35.5. The molecule has 31 heavy (non-hydrogen) atoms. The quantitative estimate of drug-likeness (QED) is 0.640. The number of ether oxygens (including phenoxy) is 2. The number of morpholine rings is 1. The number of alkyl halides is 3. The topological polar surface area (TPSA) is 54.0 Å². The molecule has 0 bridgehead atoms. The number of halogens is 5. The summed E-state index contributed by atoms with van der Waals surface area (Å²) in [6.07, 6.45) is -2.54. The van der Waals surface area contributed by atoms with E-state index in [4.69, 9.17) is 9.47 Å². The third kappa shape index (κ3) is 8.44. The van der Waals surface area contributed by atoms with Crippen molar-refractivity contribution < 1.29 is 27.8 Å². The maximum atomic E-state index is 13.3. The van der Waals surface area contributed by atoms with Crippen LogP contribution in [0.3, 0.4) is 0 Å². The lowest BCUT2D eigenvalue weighted by Gasteiger charge is -2.36. The molecular weight excluding hydrogens is 456 g/mol. The highest BCUT2D eigenvalue weighted by Crippen LogP contribution is 2.35. The molecule has 2 heterocycles. The Hall–Kier alpha value is -1.03. The summed E-state index contributed by atoms with van der Waals surface area (Å²) in [5.74, 6) is 0.122. The van der Waals surface area contributed by atoms with Crippen LogP contribution < -0.4 is 10.1 Å². The molecule has 1 saturated heterocycles. The first-order chi connectivity index (χ1) is 13.7. The summed E-state index contributed by atoms with van der Waals surface area (Å²) in [5.41, 5.74) is 0.646. The Kier molecular flexibility index (Phi) is 11.1. The normalized spacial score (nSPS) is 23.2.